The van der Waals surface area contributed by atoms with E-state index < -0.39 is 30.2 Å². The largest absolute Gasteiger partial charge is 0.495 e. The minimum Gasteiger partial charge on any atom is -0.495 e. The summed E-state index contributed by atoms with van der Waals surface area (Å²) in [6, 6.07) is 0. The maximum atomic E-state index is 14.7. The van der Waals surface area contributed by atoms with Crippen molar-refractivity contribution >= 4 is 84.0 Å². The molecule has 4 aliphatic carbocycles. The smallest absolute Gasteiger partial charge is 0.150 e. The Morgan fingerprint density at radius 1 is 0.750 bits per heavy atom. The van der Waals surface area contributed by atoms with Gasteiger partial charge in [-0.25, -0.2) is 0 Å². The second-order valence-electron chi connectivity index (χ2n) is 10.3. The number of ether oxygens (including phenoxy) is 2. The topological polar surface area (TPSA) is 35.5 Å². The van der Waals surface area contributed by atoms with Crippen LogP contribution in [0.1, 0.15) is 64.2 Å². The van der Waals surface area contributed by atoms with Crippen LogP contribution in [0.5, 0.6) is 0 Å². The standard InChI is InChI=1S/C27H32Br2Cl4O3/c1-35-19-11-9-17(26(32,22(19)30)24(28)13-5-3-6-14-24)21(34)18-10-12-20(36-2)23(31)27(18,33)25(29)15-7-4-8-16-25/h9-12,17-18H,3-8,13-16H2,1-2H3. The minimum absolute atomic E-state index is 0.122. The lowest BCUT2D eigenvalue weighted by atomic mass is 9.64. The van der Waals surface area contributed by atoms with Gasteiger partial charge in [0.05, 0.1) is 44.8 Å². The average Bonchev–Trinajstić information content (AvgIpc) is 2.87. The fourth-order valence-electron chi connectivity index (χ4n) is 6.40. The van der Waals surface area contributed by atoms with Gasteiger partial charge < -0.3 is 9.47 Å². The molecule has 0 radical (unpaired) electrons. The molecule has 9 heteroatoms. The number of alkyl halides is 4. The van der Waals surface area contributed by atoms with Gasteiger partial charge in [-0.2, -0.15) is 0 Å². The molecule has 4 unspecified atom stereocenters. The zero-order valence-corrected chi connectivity index (χ0v) is 26.7. The molecule has 0 aromatic heterocycles. The summed E-state index contributed by atoms with van der Waals surface area (Å²) in [4.78, 5) is 12.2. The first-order valence-electron chi connectivity index (χ1n) is 12.5. The number of methoxy groups -OCH3 is 2. The molecule has 2 fully saturated rings. The first-order chi connectivity index (χ1) is 17.0. The van der Waals surface area contributed by atoms with Crippen LogP contribution in [-0.2, 0) is 14.3 Å². The second-order valence-corrected chi connectivity index (χ2v) is 15.3. The highest BCUT2D eigenvalue weighted by atomic mass is 79.9. The zero-order valence-electron chi connectivity index (χ0n) is 20.5. The van der Waals surface area contributed by atoms with Crippen molar-refractivity contribution in [2.24, 2.45) is 11.8 Å². The molecule has 0 aromatic rings. The Kier molecular flexibility index (Phi) is 9.03. The van der Waals surface area contributed by atoms with Crippen molar-refractivity contribution in [2.45, 2.75) is 82.6 Å². The Morgan fingerprint density at radius 3 is 1.39 bits per heavy atom. The molecule has 3 nitrogen and oxygen atoms in total. The first-order valence-corrected chi connectivity index (χ1v) is 15.6. The number of carbonyl (C=O) groups is 1. The van der Waals surface area contributed by atoms with E-state index in [9.17, 15) is 4.79 Å². The van der Waals surface area contributed by atoms with Crippen LogP contribution >= 0.6 is 78.3 Å². The number of ketones is 1. The maximum absolute atomic E-state index is 14.7. The number of rotatable bonds is 6. The van der Waals surface area contributed by atoms with Crippen molar-refractivity contribution in [3.8, 4) is 0 Å². The molecule has 4 atom stereocenters. The van der Waals surface area contributed by atoms with Crippen LogP contribution in [0.25, 0.3) is 0 Å². The molecule has 0 aliphatic heterocycles. The molecule has 0 aromatic carbocycles. The molecular weight excluding hydrogens is 674 g/mol. The highest BCUT2D eigenvalue weighted by molar-refractivity contribution is 9.10. The first kappa shape index (κ1) is 29.3. The third kappa shape index (κ3) is 4.48. The SMILES string of the molecule is COC1=C(Cl)C(Cl)(C2(Br)CCCCC2)C(C(=O)C2C=CC(OC)=C(Cl)C2(Cl)C2(Br)CCCCC2)C=C1. The summed E-state index contributed by atoms with van der Waals surface area (Å²) in [6.45, 7) is 0. The Balaban J connectivity index is 1.83. The lowest BCUT2D eigenvalue weighted by Gasteiger charge is -2.53. The van der Waals surface area contributed by atoms with Crippen LogP contribution in [0.3, 0.4) is 0 Å². The zero-order chi connectivity index (χ0) is 26.4. The van der Waals surface area contributed by atoms with Gasteiger partial charge in [0.25, 0.3) is 0 Å². The Morgan fingerprint density at radius 2 is 1.08 bits per heavy atom. The van der Waals surface area contributed by atoms with Crippen LogP contribution in [0.4, 0.5) is 0 Å². The molecular formula is C27H32Br2Cl4O3. The average molecular weight is 706 g/mol. The quantitative estimate of drug-likeness (QED) is 0.259. The summed E-state index contributed by atoms with van der Waals surface area (Å²) in [6.07, 6.45) is 16.6. The van der Waals surface area contributed by atoms with Crippen molar-refractivity contribution in [3.63, 3.8) is 0 Å². The summed E-state index contributed by atoms with van der Waals surface area (Å²) in [5, 5.41) is 0.688. The highest BCUT2D eigenvalue weighted by Crippen LogP contribution is 2.62. The molecule has 0 spiro atoms. The summed E-state index contributed by atoms with van der Waals surface area (Å²) in [5.41, 5.74) is 0. The van der Waals surface area contributed by atoms with E-state index in [0.29, 0.717) is 21.6 Å². The molecule has 200 valence electrons. The Hall–Kier alpha value is 0.350. The van der Waals surface area contributed by atoms with Crippen molar-refractivity contribution in [2.75, 3.05) is 14.2 Å². The van der Waals surface area contributed by atoms with E-state index in [2.05, 4.69) is 31.9 Å². The molecule has 0 heterocycles. The number of carbonyl (C=O) groups excluding carboxylic acids is 1. The van der Waals surface area contributed by atoms with Crippen molar-refractivity contribution in [1.29, 1.82) is 0 Å². The lowest BCUT2D eigenvalue weighted by molar-refractivity contribution is -0.126. The molecule has 0 N–H and O–H groups in total. The van der Waals surface area contributed by atoms with Gasteiger partial charge in [0.15, 0.2) is 5.78 Å². The van der Waals surface area contributed by atoms with Crippen LogP contribution < -0.4 is 0 Å². The number of hydrogen-bond donors (Lipinski definition) is 0. The molecule has 36 heavy (non-hydrogen) atoms. The fraction of sp³-hybridized carbons (Fsp3) is 0.667. The number of hydrogen-bond acceptors (Lipinski definition) is 3. The minimum atomic E-state index is -1.23. The van der Waals surface area contributed by atoms with Crippen LogP contribution in [0.15, 0.2) is 45.9 Å². The van der Waals surface area contributed by atoms with Crippen molar-refractivity contribution in [1.82, 2.24) is 0 Å². The van der Waals surface area contributed by atoms with Gasteiger partial charge in [0.2, 0.25) is 0 Å². The number of Topliss-reactive ketones (excluding diaryl/α,β-unsaturated/α-hetero) is 1. The van der Waals surface area contributed by atoms with Gasteiger partial charge in [0.1, 0.15) is 21.3 Å². The summed E-state index contributed by atoms with van der Waals surface area (Å²) in [5.74, 6) is -0.670. The van der Waals surface area contributed by atoms with Crippen molar-refractivity contribution in [3.05, 3.63) is 45.9 Å². The van der Waals surface area contributed by atoms with Gasteiger partial charge in [0, 0.05) is 0 Å². The summed E-state index contributed by atoms with van der Waals surface area (Å²) >= 11 is 37.1. The van der Waals surface area contributed by atoms with Crippen LogP contribution in [-0.4, -0.2) is 38.4 Å². The molecule has 0 saturated heterocycles. The maximum Gasteiger partial charge on any atom is 0.150 e. The van der Waals surface area contributed by atoms with E-state index in [1.165, 1.54) is 0 Å². The van der Waals surface area contributed by atoms with E-state index in [0.717, 1.165) is 64.2 Å². The van der Waals surface area contributed by atoms with Gasteiger partial charge in [-0.15, -0.1) is 23.2 Å². The molecule has 0 amide bonds. The van der Waals surface area contributed by atoms with Gasteiger partial charge in [-0.1, -0.05) is 106 Å². The van der Waals surface area contributed by atoms with E-state index in [1.54, 1.807) is 26.4 Å². The normalized spacial score (nSPS) is 36.1. The van der Waals surface area contributed by atoms with Gasteiger partial charge in [-0.3, -0.25) is 4.79 Å². The fourth-order valence-corrected chi connectivity index (χ4v) is 10.4. The Labute approximate surface area is 251 Å². The van der Waals surface area contributed by atoms with E-state index >= 15 is 0 Å². The highest BCUT2D eigenvalue weighted by Gasteiger charge is 2.64. The predicted octanol–water partition coefficient (Wildman–Crippen LogP) is 9.27. The van der Waals surface area contributed by atoms with E-state index in [-0.39, 0.29) is 5.78 Å². The molecule has 4 rings (SSSR count). The second kappa shape index (κ2) is 11.1. The van der Waals surface area contributed by atoms with Crippen LogP contribution in [0, 0.1) is 11.8 Å². The van der Waals surface area contributed by atoms with Gasteiger partial charge in [-0.05, 0) is 37.8 Å². The third-order valence-electron chi connectivity index (χ3n) is 8.46. The van der Waals surface area contributed by atoms with E-state index in [1.807, 2.05) is 12.2 Å². The third-order valence-corrected chi connectivity index (χ3v) is 14.5. The number of allylic oxidation sites excluding steroid dienone is 6. The Bertz CT molecular complexity index is 932. The molecule has 2 saturated carbocycles. The summed E-state index contributed by atoms with van der Waals surface area (Å²) in [7, 11) is 3.12. The number of halogens is 6. The van der Waals surface area contributed by atoms with Gasteiger partial charge >= 0.3 is 0 Å². The lowest BCUT2D eigenvalue weighted by Crippen LogP contribution is -2.60. The summed E-state index contributed by atoms with van der Waals surface area (Å²) < 4.78 is 9.96. The predicted molar refractivity (Wildman–Crippen MR) is 157 cm³/mol. The molecule has 4 aliphatic rings. The monoisotopic (exact) mass is 702 g/mol. The molecule has 0 bridgehead atoms. The van der Waals surface area contributed by atoms with Crippen molar-refractivity contribution < 1.29 is 14.3 Å². The van der Waals surface area contributed by atoms with E-state index in [4.69, 9.17) is 55.9 Å². The van der Waals surface area contributed by atoms with Crippen LogP contribution in [0.2, 0.25) is 0 Å².